The van der Waals surface area contributed by atoms with Crippen LogP contribution in [-0.2, 0) is 17.8 Å². The van der Waals surface area contributed by atoms with Crippen LogP contribution in [0.5, 0.6) is 0 Å². The number of nitrogens with one attached hydrogen (secondary N) is 2. The van der Waals surface area contributed by atoms with Gasteiger partial charge in [-0.1, -0.05) is 43.2 Å². The minimum atomic E-state index is -0.306. The zero-order chi connectivity index (χ0) is 25.6. The van der Waals surface area contributed by atoms with Crippen LogP contribution >= 0.6 is 11.8 Å². The van der Waals surface area contributed by atoms with Crippen LogP contribution in [0.25, 0.3) is 5.69 Å². The molecule has 3 amide bonds. The molecule has 2 heterocycles. The van der Waals surface area contributed by atoms with Gasteiger partial charge in [-0.05, 0) is 60.7 Å². The van der Waals surface area contributed by atoms with Crippen molar-refractivity contribution in [1.29, 1.82) is 0 Å². The number of urea groups is 1. The summed E-state index contributed by atoms with van der Waals surface area (Å²) in [6.07, 6.45) is 6.57. The summed E-state index contributed by atoms with van der Waals surface area (Å²) >= 11 is 1.67. The number of aromatic nitrogens is 3. The third-order valence-electron chi connectivity index (χ3n) is 6.87. The lowest BCUT2D eigenvalue weighted by molar-refractivity contribution is -0.120. The molecular formula is C27H31FN6O2S. The van der Waals surface area contributed by atoms with Crippen LogP contribution in [0.15, 0.2) is 53.7 Å². The van der Waals surface area contributed by atoms with Crippen LogP contribution in [-0.4, -0.2) is 45.5 Å². The molecule has 1 aromatic heterocycles. The predicted molar refractivity (Wildman–Crippen MR) is 141 cm³/mol. The first-order valence-corrected chi connectivity index (χ1v) is 13.8. The van der Waals surface area contributed by atoms with Gasteiger partial charge in [0.2, 0.25) is 5.91 Å². The maximum atomic E-state index is 13.6. The Kier molecular flexibility index (Phi) is 8.03. The van der Waals surface area contributed by atoms with Gasteiger partial charge in [0.25, 0.3) is 0 Å². The molecule has 0 spiro atoms. The SMILES string of the molecule is O=C(Cc1ccc(N2CCNC2=O)cc1)NCc1nnc(SCC2CCCCC2)n1-c1ccc(F)cc1. The van der Waals surface area contributed by atoms with E-state index in [9.17, 15) is 14.0 Å². The smallest absolute Gasteiger partial charge is 0.321 e. The molecule has 1 aliphatic carbocycles. The zero-order valence-corrected chi connectivity index (χ0v) is 21.5. The van der Waals surface area contributed by atoms with Crippen molar-refractivity contribution in [3.8, 4) is 5.69 Å². The summed E-state index contributed by atoms with van der Waals surface area (Å²) in [5, 5.41) is 15.2. The van der Waals surface area contributed by atoms with Crippen LogP contribution in [0.3, 0.4) is 0 Å². The Bertz CT molecular complexity index is 1220. The number of rotatable bonds is 9. The van der Waals surface area contributed by atoms with Gasteiger partial charge in [-0.25, -0.2) is 9.18 Å². The molecular weight excluding hydrogens is 491 g/mol. The van der Waals surface area contributed by atoms with Crippen LogP contribution in [0.2, 0.25) is 0 Å². The normalized spacial score (nSPS) is 16.1. The van der Waals surface area contributed by atoms with Crippen molar-refractivity contribution >= 4 is 29.4 Å². The van der Waals surface area contributed by atoms with Crippen LogP contribution in [0.4, 0.5) is 14.9 Å². The number of halogens is 1. The molecule has 3 aromatic rings. The van der Waals surface area contributed by atoms with Crippen molar-refractivity contribution in [2.75, 3.05) is 23.7 Å². The summed E-state index contributed by atoms with van der Waals surface area (Å²) in [7, 11) is 0. The van der Waals surface area contributed by atoms with E-state index in [1.54, 1.807) is 28.8 Å². The summed E-state index contributed by atoms with van der Waals surface area (Å²) < 4.78 is 15.5. The van der Waals surface area contributed by atoms with Gasteiger partial charge >= 0.3 is 6.03 Å². The minimum Gasteiger partial charge on any atom is -0.348 e. The standard InChI is InChI=1S/C27H31FN6O2S/c28-21-8-12-23(13-9-21)34-24(31-32-27(34)37-18-20-4-2-1-3-5-20)17-30-25(35)16-19-6-10-22(11-7-19)33-15-14-29-26(33)36/h6-13,20H,1-5,14-18H2,(H,29,36)(H,30,35). The van der Waals surface area contributed by atoms with E-state index in [-0.39, 0.29) is 30.7 Å². The van der Waals surface area contributed by atoms with E-state index < -0.39 is 0 Å². The molecule has 0 bridgehead atoms. The van der Waals surface area contributed by atoms with Crippen molar-refractivity contribution in [3.05, 3.63) is 65.7 Å². The molecule has 0 atom stereocenters. The van der Waals surface area contributed by atoms with Gasteiger partial charge in [0.05, 0.1) is 13.0 Å². The highest BCUT2D eigenvalue weighted by molar-refractivity contribution is 7.99. The number of hydrogen-bond donors (Lipinski definition) is 2. The lowest BCUT2D eigenvalue weighted by atomic mass is 9.91. The van der Waals surface area contributed by atoms with Gasteiger partial charge in [-0.15, -0.1) is 10.2 Å². The van der Waals surface area contributed by atoms with E-state index in [0.29, 0.717) is 24.8 Å². The molecule has 1 saturated heterocycles. The Morgan fingerprint density at radius 3 is 2.46 bits per heavy atom. The highest BCUT2D eigenvalue weighted by atomic mass is 32.2. The third-order valence-corrected chi connectivity index (χ3v) is 8.03. The van der Waals surface area contributed by atoms with Crippen LogP contribution in [0, 0.1) is 11.7 Å². The fraction of sp³-hybridized carbons (Fsp3) is 0.407. The first-order valence-electron chi connectivity index (χ1n) is 12.8. The molecule has 0 unspecified atom stereocenters. The monoisotopic (exact) mass is 522 g/mol. The summed E-state index contributed by atoms with van der Waals surface area (Å²) in [6, 6.07) is 13.6. The van der Waals surface area contributed by atoms with Crippen LogP contribution < -0.4 is 15.5 Å². The first-order chi connectivity index (χ1) is 18.1. The van der Waals surface area contributed by atoms with Crippen molar-refractivity contribution in [2.45, 2.75) is 50.2 Å². The molecule has 2 fully saturated rings. The predicted octanol–water partition coefficient (Wildman–Crippen LogP) is 4.47. The second-order valence-corrected chi connectivity index (χ2v) is 10.5. The van der Waals surface area contributed by atoms with Crippen molar-refractivity contribution in [2.24, 2.45) is 5.92 Å². The van der Waals surface area contributed by atoms with Gasteiger partial charge in [0, 0.05) is 30.2 Å². The zero-order valence-electron chi connectivity index (χ0n) is 20.7. The average molecular weight is 523 g/mol. The average Bonchev–Trinajstić information content (AvgIpc) is 3.54. The highest BCUT2D eigenvalue weighted by Gasteiger charge is 2.21. The summed E-state index contributed by atoms with van der Waals surface area (Å²) in [5.74, 6) is 1.80. The number of hydrogen-bond acceptors (Lipinski definition) is 5. The molecule has 2 aromatic carbocycles. The number of amides is 3. The topological polar surface area (TPSA) is 92.2 Å². The molecule has 1 saturated carbocycles. The molecule has 10 heteroatoms. The van der Waals surface area contributed by atoms with E-state index in [0.717, 1.165) is 27.8 Å². The number of thioether (sulfide) groups is 1. The Balaban J connectivity index is 1.23. The summed E-state index contributed by atoms with van der Waals surface area (Å²) in [4.78, 5) is 26.2. The number of carbonyl (C=O) groups is 2. The number of anilines is 1. The number of nitrogens with zero attached hydrogens (tertiary/aromatic N) is 4. The molecule has 5 rings (SSSR count). The maximum absolute atomic E-state index is 13.6. The highest BCUT2D eigenvalue weighted by Crippen LogP contribution is 2.30. The molecule has 8 nitrogen and oxygen atoms in total. The van der Waals surface area contributed by atoms with E-state index in [4.69, 9.17) is 0 Å². The Morgan fingerprint density at radius 2 is 1.76 bits per heavy atom. The number of carbonyl (C=O) groups excluding carboxylic acids is 2. The number of benzene rings is 2. The Morgan fingerprint density at radius 1 is 1.03 bits per heavy atom. The van der Waals surface area contributed by atoms with E-state index in [2.05, 4.69) is 20.8 Å². The van der Waals surface area contributed by atoms with E-state index >= 15 is 0 Å². The van der Waals surface area contributed by atoms with Gasteiger partial charge in [-0.2, -0.15) is 0 Å². The Labute approximate surface area is 220 Å². The third kappa shape index (κ3) is 6.30. The molecule has 37 heavy (non-hydrogen) atoms. The second-order valence-electron chi connectivity index (χ2n) is 9.53. The molecule has 0 radical (unpaired) electrons. The van der Waals surface area contributed by atoms with Crippen LogP contribution in [0.1, 0.15) is 43.5 Å². The first kappa shape index (κ1) is 25.3. The largest absolute Gasteiger partial charge is 0.348 e. The van der Waals surface area contributed by atoms with Gasteiger partial charge < -0.3 is 10.6 Å². The fourth-order valence-corrected chi connectivity index (χ4v) is 6.00. The second kappa shape index (κ2) is 11.8. The summed E-state index contributed by atoms with van der Waals surface area (Å²) in [6.45, 7) is 1.47. The van der Waals surface area contributed by atoms with Gasteiger partial charge in [0.15, 0.2) is 11.0 Å². The van der Waals surface area contributed by atoms with Gasteiger partial charge in [0.1, 0.15) is 5.82 Å². The van der Waals surface area contributed by atoms with Crippen molar-refractivity contribution in [1.82, 2.24) is 25.4 Å². The molecule has 1 aliphatic heterocycles. The van der Waals surface area contributed by atoms with Crippen molar-refractivity contribution in [3.63, 3.8) is 0 Å². The van der Waals surface area contributed by atoms with E-state index in [1.807, 2.05) is 28.8 Å². The molecule has 2 N–H and O–H groups in total. The van der Waals surface area contributed by atoms with Gasteiger partial charge in [-0.3, -0.25) is 14.3 Å². The molecule has 2 aliphatic rings. The van der Waals surface area contributed by atoms with Crippen molar-refractivity contribution < 1.29 is 14.0 Å². The Hall–Kier alpha value is -3.40. The quantitative estimate of drug-likeness (QED) is 0.405. The maximum Gasteiger partial charge on any atom is 0.321 e. The minimum absolute atomic E-state index is 0.105. The lowest BCUT2D eigenvalue weighted by Crippen LogP contribution is -2.28. The molecule has 194 valence electrons. The summed E-state index contributed by atoms with van der Waals surface area (Å²) in [5.41, 5.74) is 2.43. The van der Waals surface area contributed by atoms with E-state index in [1.165, 1.54) is 44.2 Å². The fourth-order valence-electron chi connectivity index (χ4n) is 4.84. The lowest BCUT2D eigenvalue weighted by Gasteiger charge is -2.20.